The van der Waals surface area contributed by atoms with Crippen LogP contribution in [0.3, 0.4) is 0 Å². The van der Waals surface area contributed by atoms with Gasteiger partial charge in [0.05, 0.1) is 42.2 Å². The van der Waals surface area contributed by atoms with Gasteiger partial charge >= 0.3 is 0 Å². The maximum absolute atomic E-state index is 13.1. The molecule has 0 atom stereocenters. The third kappa shape index (κ3) is 5.19. The summed E-state index contributed by atoms with van der Waals surface area (Å²) in [6.45, 7) is 3.11. The van der Waals surface area contributed by atoms with Crippen LogP contribution in [0.1, 0.15) is 32.0 Å². The van der Waals surface area contributed by atoms with E-state index in [1.807, 2.05) is 0 Å². The second-order valence-corrected chi connectivity index (χ2v) is 9.69. The third-order valence-electron chi connectivity index (χ3n) is 5.48. The van der Waals surface area contributed by atoms with Crippen LogP contribution < -0.4 is 10.6 Å². The molecule has 3 aromatic rings. The monoisotopic (exact) mass is 483 g/mol. The molecule has 0 saturated carbocycles. The Morgan fingerprint density at radius 3 is 2.47 bits per heavy atom. The van der Waals surface area contributed by atoms with Crippen LogP contribution in [-0.4, -0.2) is 50.8 Å². The Kier molecular flexibility index (Phi) is 7.11. The Morgan fingerprint density at radius 1 is 0.971 bits per heavy atom. The fourth-order valence-electron chi connectivity index (χ4n) is 3.60. The molecule has 2 N–H and O–H groups in total. The molecule has 2 aromatic carbocycles. The predicted octanol–water partition coefficient (Wildman–Crippen LogP) is 2.79. The van der Waals surface area contributed by atoms with Gasteiger partial charge in [-0.15, -0.1) is 0 Å². The first-order chi connectivity index (χ1) is 16.4. The molecule has 34 heavy (non-hydrogen) atoms. The summed E-state index contributed by atoms with van der Waals surface area (Å²) in [7, 11) is -3.76. The van der Waals surface area contributed by atoms with Gasteiger partial charge in [-0.05, 0) is 48.9 Å². The number of hydrogen-bond acceptors (Lipinski definition) is 6. The average molecular weight is 484 g/mol. The van der Waals surface area contributed by atoms with E-state index in [0.717, 1.165) is 0 Å². The molecule has 178 valence electrons. The highest BCUT2D eigenvalue weighted by molar-refractivity contribution is 7.89. The van der Waals surface area contributed by atoms with Gasteiger partial charge in [-0.25, -0.2) is 8.42 Å². The highest BCUT2D eigenvalue weighted by Crippen LogP contribution is 2.23. The topological polar surface area (TPSA) is 118 Å². The summed E-state index contributed by atoms with van der Waals surface area (Å²) >= 11 is 0. The highest BCUT2D eigenvalue weighted by atomic mass is 32.2. The average Bonchev–Trinajstić information content (AvgIpc) is 3.37. The van der Waals surface area contributed by atoms with E-state index < -0.39 is 15.9 Å². The van der Waals surface area contributed by atoms with E-state index in [0.29, 0.717) is 30.2 Å². The maximum Gasteiger partial charge on any atom is 0.255 e. The number of anilines is 1. The van der Waals surface area contributed by atoms with Crippen molar-refractivity contribution in [2.75, 3.05) is 31.6 Å². The standard InChI is InChI=1S/C24H25N3O6S/c1-17-8-9-19(34(30,31)27-10-13-32-14-11-27)15-21(17)24(29)26-22-7-3-2-6-20(22)23(28)25-16-18-5-4-12-33-18/h2-9,12,15H,10-11,13-14,16H2,1H3,(H,25,28)(H,26,29). The lowest BCUT2D eigenvalue weighted by Crippen LogP contribution is -2.40. The second kappa shape index (κ2) is 10.2. The Balaban J connectivity index is 1.54. The molecule has 1 saturated heterocycles. The number of carbonyl (C=O) groups excluding carboxylic acids is 2. The van der Waals surface area contributed by atoms with E-state index in [2.05, 4.69) is 10.6 Å². The zero-order chi connectivity index (χ0) is 24.1. The molecular weight excluding hydrogens is 458 g/mol. The molecule has 1 aliphatic rings. The van der Waals surface area contributed by atoms with Gasteiger partial charge in [0.1, 0.15) is 5.76 Å². The van der Waals surface area contributed by atoms with Crippen molar-refractivity contribution in [3.05, 3.63) is 83.3 Å². The minimum Gasteiger partial charge on any atom is -0.467 e. The van der Waals surface area contributed by atoms with Crippen LogP contribution >= 0.6 is 0 Å². The number of nitrogens with zero attached hydrogens (tertiary/aromatic N) is 1. The van der Waals surface area contributed by atoms with Crippen molar-refractivity contribution >= 4 is 27.5 Å². The van der Waals surface area contributed by atoms with Crippen LogP contribution in [0.15, 0.2) is 70.2 Å². The summed E-state index contributed by atoms with van der Waals surface area (Å²) < 4.78 is 37.9. The summed E-state index contributed by atoms with van der Waals surface area (Å²) in [5.41, 5.74) is 1.40. The number of morpholine rings is 1. The molecule has 0 bridgehead atoms. The minimum atomic E-state index is -3.76. The predicted molar refractivity (Wildman–Crippen MR) is 125 cm³/mol. The quantitative estimate of drug-likeness (QED) is 0.534. The van der Waals surface area contributed by atoms with Crippen LogP contribution in [0.4, 0.5) is 5.69 Å². The number of para-hydroxylation sites is 1. The van der Waals surface area contributed by atoms with Crippen molar-refractivity contribution in [2.24, 2.45) is 0 Å². The summed E-state index contributed by atoms with van der Waals surface area (Å²) in [5.74, 6) is -0.292. The van der Waals surface area contributed by atoms with Gasteiger partial charge < -0.3 is 19.8 Å². The number of carbonyl (C=O) groups is 2. The van der Waals surface area contributed by atoms with Gasteiger partial charge in [-0.2, -0.15) is 4.31 Å². The molecule has 9 nitrogen and oxygen atoms in total. The number of aryl methyl sites for hydroxylation is 1. The van der Waals surface area contributed by atoms with E-state index in [1.54, 1.807) is 49.4 Å². The van der Waals surface area contributed by atoms with Crippen LogP contribution in [0, 0.1) is 6.92 Å². The van der Waals surface area contributed by atoms with Crippen molar-refractivity contribution in [1.82, 2.24) is 9.62 Å². The molecule has 0 spiro atoms. The van der Waals surface area contributed by atoms with Gasteiger partial charge in [0.15, 0.2) is 0 Å². The van der Waals surface area contributed by atoms with Crippen molar-refractivity contribution < 1.29 is 27.2 Å². The van der Waals surface area contributed by atoms with Crippen molar-refractivity contribution in [3.63, 3.8) is 0 Å². The van der Waals surface area contributed by atoms with Crippen LogP contribution in [0.5, 0.6) is 0 Å². The van der Waals surface area contributed by atoms with Gasteiger partial charge in [0.25, 0.3) is 11.8 Å². The summed E-state index contributed by atoms with van der Waals surface area (Å²) in [5, 5.41) is 5.50. The molecule has 1 aliphatic heterocycles. The smallest absolute Gasteiger partial charge is 0.255 e. The molecule has 4 rings (SSSR count). The molecular formula is C24H25N3O6S. The Morgan fingerprint density at radius 2 is 1.74 bits per heavy atom. The van der Waals surface area contributed by atoms with E-state index in [-0.39, 0.29) is 41.6 Å². The highest BCUT2D eigenvalue weighted by Gasteiger charge is 2.27. The SMILES string of the molecule is Cc1ccc(S(=O)(=O)N2CCOCC2)cc1C(=O)Nc1ccccc1C(=O)NCc1ccco1. The number of sulfonamides is 1. The largest absolute Gasteiger partial charge is 0.467 e. The van der Waals surface area contributed by atoms with Gasteiger partial charge in [0, 0.05) is 18.7 Å². The van der Waals surface area contributed by atoms with Crippen LogP contribution in [0.2, 0.25) is 0 Å². The zero-order valence-electron chi connectivity index (χ0n) is 18.6. The number of rotatable bonds is 7. The fourth-order valence-corrected chi connectivity index (χ4v) is 5.03. The second-order valence-electron chi connectivity index (χ2n) is 7.75. The molecule has 0 radical (unpaired) electrons. The van der Waals surface area contributed by atoms with Crippen molar-refractivity contribution in [2.45, 2.75) is 18.4 Å². The lowest BCUT2D eigenvalue weighted by Gasteiger charge is -2.26. The zero-order valence-corrected chi connectivity index (χ0v) is 19.4. The van der Waals surface area contributed by atoms with E-state index in [9.17, 15) is 18.0 Å². The van der Waals surface area contributed by atoms with Crippen molar-refractivity contribution in [3.8, 4) is 0 Å². The van der Waals surface area contributed by atoms with Crippen molar-refractivity contribution in [1.29, 1.82) is 0 Å². The summed E-state index contributed by atoms with van der Waals surface area (Å²) in [4.78, 5) is 25.9. The number of hydrogen-bond donors (Lipinski definition) is 2. The molecule has 0 aliphatic carbocycles. The van der Waals surface area contributed by atoms with E-state index >= 15 is 0 Å². The van der Waals surface area contributed by atoms with Gasteiger partial charge in [-0.3, -0.25) is 9.59 Å². The van der Waals surface area contributed by atoms with Crippen LogP contribution in [-0.2, 0) is 21.3 Å². The van der Waals surface area contributed by atoms with E-state index in [4.69, 9.17) is 9.15 Å². The first-order valence-electron chi connectivity index (χ1n) is 10.8. The molecule has 10 heteroatoms. The van der Waals surface area contributed by atoms with Gasteiger partial charge in [-0.1, -0.05) is 18.2 Å². The first kappa shape index (κ1) is 23.7. The molecule has 2 heterocycles. The summed E-state index contributed by atoms with van der Waals surface area (Å²) in [6, 6.07) is 14.5. The number of amides is 2. The fraction of sp³-hybridized carbons (Fsp3) is 0.250. The lowest BCUT2D eigenvalue weighted by atomic mass is 10.1. The number of ether oxygens (including phenoxy) is 1. The normalized spacial score (nSPS) is 14.5. The summed E-state index contributed by atoms with van der Waals surface area (Å²) in [6.07, 6.45) is 1.52. The first-order valence-corrected chi connectivity index (χ1v) is 12.2. The minimum absolute atomic E-state index is 0.0367. The number of benzene rings is 2. The molecule has 2 amide bonds. The number of furan rings is 1. The Labute approximate surface area is 197 Å². The molecule has 1 aromatic heterocycles. The van der Waals surface area contributed by atoms with E-state index in [1.165, 1.54) is 22.7 Å². The molecule has 0 unspecified atom stereocenters. The number of nitrogens with one attached hydrogen (secondary N) is 2. The Bertz CT molecular complexity index is 1280. The third-order valence-corrected chi connectivity index (χ3v) is 7.38. The Hall–Kier alpha value is -3.47. The van der Waals surface area contributed by atoms with Gasteiger partial charge in [0.2, 0.25) is 10.0 Å². The maximum atomic E-state index is 13.1. The lowest BCUT2D eigenvalue weighted by molar-refractivity contribution is 0.0730. The molecule has 1 fully saturated rings. The van der Waals surface area contributed by atoms with Crippen LogP contribution in [0.25, 0.3) is 0 Å².